The highest BCUT2D eigenvalue weighted by Crippen LogP contribution is 2.38. The van der Waals surface area contributed by atoms with E-state index in [-0.39, 0.29) is 29.0 Å². The number of carbonyl (C=O) groups excluding carboxylic acids is 1. The van der Waals surface area contributed by atoms with Gasteiger partial charge in [-0.1, -0.05) is 18.2 Å². The molecule has 12 heteroatoms. The molecule has 3 aromatic rings. The summed E-state index contributed by atoms with van der Waals surface area (Å²) in [6.07, 6.45) is -0.925. The molecular weight excluding hydrogens is 504 g/mol. The highest BCUT2D eigenvalue weighted by atomic mass is 19.4. The molecule has 0 fully saturated rings. The summed E-state index contributed by atoms with van der Waals surface area (Å²) in [7, 11) is 0. The molecule has 0 saturated heterocycles. The average molecular weight is 526 g/mol. The molecule has 1 aliphatic heterocycles. The second-order valence-electron chi connectivity index (χ2n) is 8.83. The van der Waals surface area contributed by atoms with Gasteiger partial charge in [0.2, 0.25) is 0 Å². The average Bonchev–Trinajstić information content (AvgIpc) is 3.38. The number of nitrogens with zero attached hydrogens (tertiary/aromatic N) is 2. The molecule has 38 heavy (non-hydrogen) atoms. The number of dihydropyridines is 1. The minimum atomic E-state index is -4.90. The fourth-order valence-electron chi connectivity index (χ4n) is 3.60. The van der Waals surface area contributed by atoms with Crippen molar-refractivity contribution in [2.45, 2.75) is 25.6 Å². The number of carbonyl (C=O) groups is 1. The van der Waals surface area contributed by atoms with Crippen LogP contribution in [-0.4, -0.2) is 38.7 Å². The fourth-order valence-corrected chi connectivity index (χ4v) is 3.60. The number of halogens is 4. The molecule has 196 valence electrons. The quantitative estimate of drug-likeness (QED) is 0.288. The molecule has 1 amide bonds. The van der Waals surface area contributed by atoms with E-state index in [0.717, 1.165) is 6.07 Å². The van der Waals surface area contributed by atoms with Crippen molar-refractivity contribution in [1.29, 1.82) is 5.41 Å². The summed E-state index contributed by atoms with van der Waals surface area (Å²) in [5, 5.41) is 30.1. The van der Waals surface area contributed by atoms with Crippen LogP contribution in [0, 0.1) is 11.2 Å². The van der Waals surface area contributed by atoms with E-state index < -0.39 is 40.2 Å². The fraction of sp³-hybridized carbons (Fsp3) is 0.154. The maximum absolute atomic E-state index is 14.9. The van der Waals surface area contributed by atoms with Crippen molar-refractivity contribution in [2.24, 2.45) is 4.99 Å². The maximum atomic E-state index is 14.9. The zero-order valence-corrected chi connectivity index (χ0v) is 20.1. The lowest BCUT2D eigenvalue weighted by Crippen LogP contribution is -2.32. The number of aliphatic imine (C=N–C) groups is 1. The van der Waals surface area contributed by atoms with Crippen molar-refractivity contribution in [3.63, 3.8) is 0 Å². The lowest BCUT2D eigenvalue weighted by atomic mass is 9.95. The van der Waals surface area contributed by atoms with E-state index in [9.17, 15) is 27.5 Å². The number of benzene rings is 2. The monoisotopic (exact) mass is 526 g/mol. The van der Waals surface area contributed by atoms with Gasteiger partial charge in [-0.3, -0.25) is 20.3 Å². The smallest absolute Gasteiger partial charge is 0.386 e. The van der Waals surface area contributed by atoms with E-state index in [1.54, 1.807) is 30.3 Å². The molecule has 0 bridgehead atoms. The molecule has 2 heterocycles. The number of nitrogens with one attached hydrogen (secondary N) is 4. The number of anilines is 1. The summed E-state index contributed by atoms with van der Waals surface area (Å²) in [4.78, 5) is 17.4. The van der Waals surface area contributed by atoms with Gasteiger partial charge in [0.15, 0.2) is 0 Å². The lowest BCUT2D eigenvalue weighted by molar-refractivity contribution is -0.137. The van der Waals surface area contributed by atoms with Crippen LogP contribution >= 0.6 is 0 Å². The van der Waals surface area contributed by atoms with Crippen LogP contribution in [0.5, 0.6) is 0 Å². The van der Waals surface area contributed by atoms with Gasteiger partial charge in [-0.25, -0.2) is 4.39 Å². The second-order valence-corrected chi connectivity index (χ2v) is 8.83. The highest BCUT2D eigenvalue weighted by Gasteiger charge is 2.36. The van der Waals surface area contributed by atoms with Crippen molar-refractivity contribution < 1.29 is 27.5 Å². The largest absolute Gasteiger partial charge is 0.417 e. The van der Waals surface area contributed by atoms with Crippen molar-refractivity contribution in [3.8, 4) is 11.3 Å². The summed E-state index contributed by atoms with van der Waals surface area (Å²) in [5.74, 6) is -2.60. The molecule has 0 unspecified atom stereocenters. The number of para-hydroxylation sites is 1. The zero-order chi connectivity index (χ0) is 27.7. The van der Waals surface area contributed by atoms with Crippen molar-refractivity contribution in [2.75, 3.05) is 5.32 Å². The summed E-state index contributed by atoms with van der Waals surface area (Å²) < 4.78 is 55.8. The molecule has 0 spiro atoms. The predicted molar refractivity (Wildman–Crippen MR) is 134 cm³/mol. The number of amides is 1. The van der Waals surface area contributed by atoms with Crippen LogP contribution in [0.25, 0.3) is 11.3 Å². The van der Waals surface area contributed by atoms with Crippen molar-refractivity contribution in [3.05, 3.63) is 94.8 Å². The normalized spacial score (nSPS) is 15.2. The number of aromatic nitrogens is 2. The number of hydrogen-bond donors (Lipinski definition) is 5. The molecule has 0 saturated carbocycles. The molecule has 2 aromatic carbocycles. The van der Waals surface area contributed by atoms with Gasteiger partial charge in [0.05, 0.1) is 28.1 Å². The maximum Gasteiger partial charge on any atom is 0.417 e. The Hall–Kier alpha value is -4.58. The lowest BCUT2D eigenvalue weighted by Gasteiger charge is -2.23. The third-order valence-corrected chi connectivity index (χ3v) is 5.55. The van der Waals surface area contributed by atoms with Crippen molar-refractivity contribution in [1.82, 2.24) is 15.5 Å². The third-order valence-electron chi connectivity index (χ3n) is 5.55. The predicted octanol–water partition coefficient (Wildman–Crippen LogP) is 5.05. The van der Waals surface area contributed by atoms with E-state index in [2.05, 4.69) is 25.8 Å². The van der Waals surface area contributed by atoms with Gasteiger partial charge >= 0.3 is 6.18 Å². The topological polar surface area (TPSA) is 126 Å². The number of alkyl halides is 3. The molecule has 8 nitrogen and oxygen atoms in total. The van der Waals surface area contributed by atoms with E-state index in [0.29, 0.717) is 11.3 Å². The molecule has 1 aromatic heterocycles. The van der Waals surface area contributed by atoms with Gasteiger partial charge < -0.3 is 15.7 Å². The van der Waals surface area contributed by atoms with Gasteiger partial charge in [0.25, 0.3) is 5.91 Å². The van der Waals surface area contributed by atoms with Crippen LogP contribution in [0.1, 0.15) is 29.8 Å². The van der Waals surface area contributed by atoms with Crippen LogP contribution in [-0.2, 0) is 6.18 Å². The Kier molecular flexibility index (Phi) is 7.01. The van der Waals surface area contributed by atoms with E-state index >= 15 is 0 Å². The molecule has 0 aliphatic carbocycles. The third kappa shape index (κ3) is 5.70. The highest BCUT2D eigenvalue weighted by molar-refractivity contribution is 6.14. The standard InChI is InChI=1S/C26H22F4N6O2/c1-25(2,38)14-10-20(31)22(32-13-14)23(34-15-6-4-3-5-7-15)35-24(37)17-11-16(21-8-9-33-36-21)18(12-19(17)27)26(28,29)30/h3-13,31,34,38H,1-2H3,(H,33,36)(H,35,37)/b23-22-,31-20?. The minimum absolute atomic E-state index is 0.0463. The second kappa shape index (κ2) is 10.1. The van der Waals surface area contributed by atoms with Crippen LogP contribution in [0.15, 0.2) is 82.9 Å². The molecule has 0 radical (unpaired) electrons. The van der Waals surface area contributed by atoms with E-state index in [4.69, 9.17) is 5.41 Å². The first kappa shape index (κ1) is 26.5. The molecular formula is C26H22F4N6O2. The number of rotatable bonds is 6. The number of allylic oxidation sites excluding steroid dienone is 1. The first-order valence-electron chi connectivity index (χ1n) is 11.2. The Morgan fingerprint density at radius 3 is 2.39 bits per heavy atom. The molecule has 4 rings (SSSR count). The number of hydrogen-bond acceptors (Lipinski definition) is 6. The summed E-state index contributed by atoms with van der Waals surface area (Å²) >= 11 is 0. The summed E-state index contributed by atoms with van der Waals surface area (Å²) in [6, 6.07) is 10.8. The van der Waals surface area contributed by atoms with Gasteiger partial charge in [-0.2, -0.15) is 18.3 Å². The van der Waals surface area contributed by atoms with Crippen molar-refractivity contribution >= 4 is 23.5 Å². The van der Waals surface area contributed by atoms with Gasteiger partial charge in [-0.15, -0.1) is 0 Å². The molecule has 5 N–H and O–H groups in total. The van der Waals surface area contributed by atoms with E-state index in [1.165, 1.54) is 38.4 Å². The SMILES string of the molecule is CC(C)(O)C1=CC(=N)/C(=C(/NC(=O)c2cc(-c3cc[nH]n3)c(C(F)(F)F)cc2F)Nc2ccccc2)N=C1. The Morgan fingerprint density at radius 1 is 1.11 bits per heavy atom. The van der Waals surface area contributed by atoms with Crippen LogP contribution < -0.4 is 10.6 Å². The Morgan fingerprint density at radius 2 is 1.82 bits per heavy atom. The first-order valence-corrected chi connectivity index (χ1v) is 11.2. The summed E-state index contributed by atoms with van der Waals surface area (Å²) in [5.41, 5.74) is -3.26. The van der Waals surface area contributed by atoms with Gasteiger partial charge in [0.1, 0.15) is 17.3 Å². The molecule has 0 atom stereocenters. The Balaban J connectivity index is 1.77. The Bertz CT molecular complexity index is 1470. The summed E-state index contributed by atoms with van der Waals surface area (Å²) in [6.45, 7) is 3.03. The minimum Gasteiger partial charge on any atom is -0.386 e. The van der Waals surface area contributed by atoms with Crippen LogP contribution in [0.4, 0.5) is 23.2 Å². The molecule has 1 aliphatic rings. The van der Waals surface area contributed by atoms with Gasteiger partial charge in [-0.05, 0) is 50.3 Å². The number of aromatic amines is 1. The Labute approximate surface area is 214 Å². The van der Waals surface area contributed by atoms with E-state index in [1.807, 2.05) is 0 Å². The number of H-pyrrole nitrogens is 1. The van der Waals surface area contributed by atoms with Crippen LogP contribution in [0.2, 0.25) is 0 Å². The zero-order valence-electron chi connectivity index (χ0n) is 20.1. The first-order chi connectivity index (χ1) is 17.8. The van der Waals surface area contributed by atoms with Gasteiger partial charge in [0, 0.05) is 29.2 Å². The van der Waals surface area contributed by atoms with Crippen LogP contribution in [0.3, 0.4) is 0 Å². The number of aliphatic hydroxyl groups is 1.